The van der Waals surface area contributed by atoms with E-state index in [0.717, 1.165) is 41.3 Å². The van der Waals surface area contributed by atoms with Crippen molar-refractivity contribution in [3.8, 4) is 10.8 Å². The molecule has 0 unspecified atom stereocenters. The Kier molecular flexibility index (Phi) is 3.57. The second kappa shape index (κ2) is 5.23. The number of nitrogens with two attached hydrogens (primary N) is 1. The molecule has 2 heterocycles. The Labute approximate surface area is 121 Å². The molecule has 0 atom stereocenters. The second-order valence-electron chi connectivity index (χ2n) is 5.05. The Morgan fingerprint density at radius 1 is 1.35 bits per heavy atom. The molecule has 7 heteroatoms. The van der Waals surface area contributed by atoms with Crippen LogP contribution in [0.4, 0.5) is 0 Å². The Hall–Kier alpha value is -1.31. The van der Waals surface area contributed by atoms with Gasteiger partial charge in [0.15, 0.2) is 0 Å². The van der Waals surface area contributed by atoms with Gasteiger partial charge in [-0.15, -0.1) is 11.3 Å². The van der Waals surface area contributed by atoms with E-state index in [0.29, 0.717) is 18.3 Å². The molecule has 108 valence electrons. The van der Waals surface area contributed by atoms with Crippen LogP contribution >= 0.6 is 11.3 Å². The van der Waals surface area contributed by atoms with E-state index < -0.39 is 0 Å². The number of ether oxygens (including phenoxy) is 1. The largest absolute Gasteiger partial charge is 0.370 e. The van der Waals surface area contributed by atoms with Gasteiger partial charge in [-0.3, -0.25) is 0 Å². The molecule has 0 amide bonds. The van der Waals surface area contributed by atoms with Crippen LogP contribution in [-0.2, 0) is 16.9 Å². The average molecular weight is 294 g/mol. The average Bonchev–Trinajstić information content (AvgIpc) is 3.17. The quantitative estimate of drug-likeness (QED) is 0.931. The number of rotatable bonds is 4. The lowest BCUT2D eigenvalue weighted by Crippen LogP contribution is -2.25. The first-order valence-electron chi connectivity index (χ1n) is 6.74. The van der Waals surface area contributed by atoms with Crippen LogP contribution in [0.15, 0.2) is 4.52 Å². The maximum absolute atomic E-state index is 5.67. The van der Waals surface area contributed by atoms with Crippen LogP contribution in [0.25, 0.3) is 10.8 Å². The Bertz CT molecular complexity index is 601. The Morgan fingerprint density at radius 3 is 2.70 bits per heavy atom. The van der Waals surface area contributed by atoms with E-state index in [1.165, 1.54) is 11.3 Å². The number of hydrogen-bond acceptors (Lipinski definition) is 7. The van der Waals surface area contributed by atoms with Crippen LogP contribution in [0, 0.1) is 6.92 Å². The van der Waals surface area contributed by atoms with Crippen molar-refractivity contribution < 1.29 is 9.26 Å². The summed E-state index contributed by atoms with van der Waals surface area (Å²) in [5.41, 5.74) is 6.12. The SMILES string of the molecule is COC1(c2noc(-c3sc(CN)nc3C)n2)CCCC1. The third-order valence-corrected chi connectivity index (χ3v) is 5.01. The normalized spacial score (nSPS) is 17.8. The van der Waals surface area contributed by atoms with Gasteiger partial charge >= 0.3 is 0 Å². The molecule has 2 aromatic heterocycles. The summed E-state index contributed by atoms with van der Waals surface area (Å²) in [6.45, 7) is 2.35. The summed E-state index contributed by atoms with van der Waals surface area (Å²) in [5.74, 6) is 1.16. The molecule has 0 saturated heterocycles. The first kappa shape index (κ1) is 13.7. The van der Waals surface area contributed by atoms with Crippen LogP contribution in [0.3, 0.4) is 0 Å². The van der Waals surface area contributed by atoms with E-state index in [-0.39, 0.29) is 5.60 Å². The molecule has 0 aliphatic heterocycles. The maximum atomic E-state index is 5.67. The number of nitrogens with zero attached hydrogens (tertiary/aromatic N) is 3. The summed E-state index contributed by atoms with van der Waals surface area (Å²) >= 11 is 1.50. The van der Waals surface area contributed by atoms with E-state index in [9.17, 15) is 0 Å². The highest BCUT2D eigenvalue weighted by Gasteiger charge is 2.40. The molecule has 2 aromatic rings. The van der Waals surface area contributed by atoms with Gasteiger partial charge in [0, 0.05) is 13.7 Å². The summed E-state index contributed by atoms with van der Waals surface area (Å²) in [5, 5.41) is 5.00. The third kappa shape index (κ3) is 2.15. The van der Waals surface area contributed by atoms with E-state index >= 15 is 0 Å². The number of hydrogen-bond donors (Lipinski definition) is 1. The summed E-state index contributed by atoms with van der Waals surface area (Å²) < 4.78 is 11.1. The monoisotopic (exact) mass is 294 g/mol. The maximum Gasteiger partial charge on any atom is 0.270 e. The van der Waals surface area contributed by atoms with Crippen molar-refractivity contribution >= 4 is 11.3 Å². The molecular weight excluding hydrogens is 276 g/mol. The highest BCUT2D eigenvalue weighted by molar-refractivity contribution is 7.15. The zero-order chi connectivity index (χ0) is 14.2. The van der Waals surface area contributed by atoms with Crippen LogP contribution in [-0.4, -0.2) is 22.2 Å². The van der Waals surface area contributed by atoms with Gasteiger partial charge in [-0.1, -0.05) is 5.16 Å². The number of methoxy groups -OCH3 is 1. The lowest BCUT2D eigenvalue weighted by molar-refractivity contribution is -0.0178. The third-order valence-electron chi connectivity index (χ3n) is 3.85. The van der Waals surface area contributed by atoms with Crippen LogP contribution < -0.4 is 5.73 Å². The van der Waals surface area contributed by atoms with Crippen LogP contribution in [0.1, 0.15) is 42.2 Å². The highest BCUT2D eigenvalue weighted by Crippen LogP contribution is 2.41. The predicted molar refractivity (Wildman–Crippen MR) is 75.2 cm³/mol. The first-order valence-corrected chi connectivity index (χ1v) is 7.56. The molecule has 0 bridgehead atoms. The fourth-order valence-electron chi connectivity index (χ4n) is 2.70. The van der Waals surface area contributed by atoms with Gasteiger partial charge in [0.1, 0.15) is 15.5 Å². The van der Waals surface area contributed by atoms with Crippen molar-refractivity contribution in [3.63, 3.8) is 0 Å². The van der Waals surface area contributed by atoms with Gasteiger partial charge in [0.25, 0.3) is 5.89 Å². The zero-order valence-electron chi connectivity index (χ0n) is 11.7. The molecule has 20 heavy (non-hydrogen) atoms. The van der Waals surface area contributed by atoms with Crippen molar-refractivity contribution in [2.75, 3.05) is 7.11 Å². The molecule has 1 fully saturated rings. The van der Waals surface area contributed by atoms with Crippen molar-refractivity contribution in [2.24, 2.45) is 5.73 Å². The molecule has 3 rings (SSSR count). The van der Waals surface area contributed by atoms with E-state index in [1.54, 1.807) is 7.11 Å². The first-order chi connectivity index (χ1) is 9.68. The Balaban J connectivity index is 1.95. The minimum absolute atomic E-state index is 0.378. The molecule has 0 spiro atoms. The van der Waals surface area contributed by atoms with Gasteiger partial charge in [-0.2, -0.15) is 4.98 Å². The van der Waals surface area contributed by atoms with E-state index in [2.05, 4.69) is 15.1 Å². The number of aryl methyl sites for hydroxylation is 1. The van der Waals surface area contributed by atoms with E-state index in [1.807, 2.05) is 6.92 Å². The highest BCUT2D eigenvalue weighted by atomic mass is 32.1. The summed E-state index contributed by atoms with van der Waals surface area (Å²) in [4.78, 5) is 9.82. The van der Waals surface area contributed by atoms with Crippen molar-refractivity contribution in [2.45, 2.75) is 44.8 Å². The number of aromatic nitrogens is 3. The van der Waals surface area contributed by atoms with Crippen molar-refractivity contribution in [1.29, 1.82) is 0 Å². The van der Waals surface area contributed by atoms with Gasteiger partial charge in [0.05, 0.1) is 5.69 Å². The minimum atomic E-state index is -0.378. The van der Waals surface area contributed by atoms with Gasteiger partial charge in [-0.05, 0) is 32.6 Å². The fourth-order valence-corrected chi connectivity index (χ4v) is 3.57. The van der Waals surface area contributed by atoms with E-state index in [4.69, 9.17) is 15.0 Å². The lowest BCUT2D eigenvalue weighted by Gasteiger charge is -2.22. The zero-order valence-corrected chi connectivity index (χ0v) is 12.5. The molecule has 1 saturated carbocycles. The molecule has 1 aliphatic carbocycles. The van der Waals surface area contributed by atoms with Crippen LogP contribution in [0.2, 0.25) is 0 Å². The summed E-state index contributed by atoms with van der Waals surface area (Å²) in [7, 11) is 1.71. The predicted octanol–water partition coefficient (Wildman–Crippen LogP) is 2.38. The minimum Gasteiger partial charge on any atom is -0.370 e. The topological polar surface area (TPSA) is 87.1 Å². The molecular formula is C13H18N4O2S. The van der Waals surface area contributed by atoms with Gasteiger partial charge in [-0.25, -0.2) is 4.98 Å². The van der Waals surface area contributed by atoms with Crippen molar-refractivity contribution in [1.82, 2.24) is 15.1 Å². The molecule has 6 nitrogen and oxygen atoms in total. The molecule has 0 aromatic carbocycles. The Morgan fingerprint density at radius 2 is 2.10 bits per heavy atom. The van der Waals surface area contributed by atoms with Gasteiger partial charge in [0.2, 0.25) is 5.82 Å². The molecule has 0 radical (unpaired) electrons. The molecule has 2 N–H and O–H groups in total. The summed E-state index contributed by atoms with van der Waals surface area (Å²) in [6.07, 6.45) is 4.15. The lowest BCUT2D eigenvalue weighted by atomic mass is 10.0. The summed E-state index contributed by atoms with van der Waals surface area (Å²) in [6, 6.07) is 0. The van der Waals surface area contributed by atoms with Crippen molar-refractivity contribution in [3.05, 3.63) is 16.5 Å². The van der Waals surface area contributed by atoms with Crippen LogP contribution in [0.5, 0.6) is 0 Å². The van der Waals surface area contributed by atoms with Gasteiger partial charge < -0.3 is 15.0 Å². The molecule has 1 aliphatic rings. The standard InChI is InChI=1S/C13H18N4O2S/c1-8-10(20-9(7-14)15-8)11-16-12(17-19-11)13(18-2)5-3-4-6-13/h3-7,14H2,1-2H3. The fraction of sp³-hybridized carbons (Fsp3) is 0.615. The second-order valence-corrected chi connectivity index (χ2v) is 6.14. The number of thiazole rings is 1. The smallest absolute Gasteiger partial charge is 0.270 e.